The maximum Gasteiger partial charge on any atom is 0.307 e. The van der Waals surface area contributed by atoms with Crippen LogP contribution >= 0.6 is 0 Å². The number of sulfone groups is 1. The molecule has 1 aromatic rings. The molecule has 0 aromatic heterocycles. The Balaban J connectivity index is 1.41. The van der Waals surface area contributed by atoms with E-state index in [-0.39, 0.29) is 47.1 Å². The van der Waals surface area contributed by atoms with Crippen molar-refractivity contribution in [1.82, 2.24) is 0 Å². The molecule has 1 N–H and O–H groups in total. The highest BCUT2D eigenvalue weighted by molar-refractivity contribution is 7.91. The molecule has 4 aliphatic carbocycles. The van der Waals surface area contributed by atoms with Gasteiger partial charge in [-0.2, -0.15) is 0 Å². The number of aliphatic hydroxyl groups excluding tert-OH is 1. The molecule has 1 aromatic carbocycles. The summed E-state index contributed by atoms with van der Waals surface area (Å²) in [5, 5.41) is 9.94. The van der Waals surface area contributed by atoms with Crippen molar-refractivity contribution >= 4 is 33.2 Å². The molecule has 39 heavy (non-hydrogen) atoms. The molecule has 0 radical (unpaired) electrons. The van der Waals surface area contributed by atoms with E-state index in [0.29, 0.717) is 32.1 Å². The van der Waals surface area contributed by atoms with Crippen molar-refractivity contribution in [1.29, 1.82) is 0 Å². The van der Waals surface area contributed by atoms with E-state index in [4.69, 9.17) is 4.74 Å². The minimum Gasteiger partial charge on any atom is -0.450 e. The van der Waals surface area contributed by atoms with Crippen LogP contribution < -0.4 is 0 Å². The van der Waals surface area contributed by atoms with Gasteiger partial charge in [0.1, 0.15) is 12.4 Å². The van der Waals surface area contributed by atoms with Gasteiger partial charge >= 0.3 is 5.97 Å². The van der Waals surface area contributed by atoms with Crippen molar-refractivity contribution in [3.8, 4) is 0 Å². The highest BCUT2D eigenvalue weighted by Gasteiger charge is 2.70. The van der Waals surface area contributed by atoms with Gasteiger partial charge in [0.2, 0.25) is 5.78 Å². The molecule has 0 saturated heterocycles. The first-order valence-corrected chi connectivity index (χ1v) is 15.4. The third kappa shape index (κ3) is 4.32. The molecule has 0 heterocycles. The number of benzene rings is 1. The molecule has 4 aliphatic rings. The van der Waals surface area contributed by atoms with Gasteiger partial charge in [0.15, 0.2) is 21.2 Å². The SMILES string of the molecule is C[C@]12CCC(=O)C=C1CC[C@@H]1[C@@H]2C(=O)C[C@@]2(C)[C@H]1CC[C@]2(OC(=O)CCS(=O)(=O)c1ccccc1)C(=O)CO. The van der Waals surface area contributed by atoms with Crippen LogP contribution in [0.15, 0.2) is 46.9 Å². The first kappa shape index (κ1) is 27.9. The molecule has 6 atom stereocenters. The molecule has 0 bridgehead atoms. The van der Waals surface area contributed by atoms with E-state index < -0.39 is 56.8 Å². The molecule has 210 valence electrons. The number of ketones is 3. The van der Waals surface area contributed by atoms with Gasteiger partial charge < -0.3 is 9.84 Å². The van der Waals surface area contributed by atoms with E-state index >= 15 is 0 Å². The number of Topliss-reactive ketones (excluding diaryl/α,β-unsaturated/α-hetero) is 2. The van der Waals surface area contributed by atoms with Crippen molar-refractivity contribution in [3.05, 3.63) is 42.0 Å². The number of carbonyl (C=O) groups is 4. The Hall–Kier alpha value is -2.65. The van der Waals surface area contributed by atoms with E-state index in [0.717, 1.165) is 5.57 Å². The zero-order valence-electron chi connectivity index (χ0n) is 22.5. The second-order valence-corrected chi connectivity index (χ2v) is 14.3. The third-order valence-corrected chi connectivity index (χ3v) is 12.1. The Labute approximate surface area is 229 Å². The van der Waals surface area contributed by atoms with Crippen molar-refractivity contribution < 1.29 is 37.4 Å². The lowest BCUT2D eigenvalue weighted by atomic mass is 9.46. The quantitative estimate of drug-likeness (QED) is 0.506. The van der Waals surface area contributed by atoms with Crippen molar-refractivity contribution in [2.75, 3.05) is 12.4 Å². The second kappa shape index (κ2) is 9.77. The molecule has 8 nitrogen and oxygen atoms in total. The number of allylic oxidation sites excluding steroid dienone is 1. The summed E-state index contributed by atoms with van der Waals surface area (Å²) < 4.78 is 31.3. The highest BCUT2D eigenvalue weighted by atomic mass is 32.2. The van der Waals surface area contributed by atoms with Crippen LogP contribution in [0, 0.1) is 28.6 Å². The van der Waals surface area contributed by atoms with E-state index in [1.165, 1.54) is 12.1 Å². The number of hydrogen-bond donors (Lipinski definition) is 1. The van der Waals surface area contributed by atoms with Crippen LogP contribution in [0.1, 0.15) is 65.2 Å². The fourth-order valence-electron chi connectivity index (χ4n) is 8.39. The first-order chi connectivity index (χ1) is 18.4. The van der Waals surface area contributed by atoms with Crippen LogP contribution in [0.2, 0.25) is 0 Å². The van der Waals surface area contributed by atoms with E-state index in [1.54, 1.807) is 24.3 Å². The molecule has 9 heteroatoms. The number of esters is 1. The summed E-state index contributed by atoms with van der Waals surface area (Å²) in [5.41, 5.74) is -2.07. The molecular formula is C30H36O8S. The molecular weight excluding hydrogens is 520 g/mol. The lowest BCUT2D eigenvalue weighted by molar-refractivity contribution is -0.192. The van der Waals surface area contributed by atoms with Crippen LogP contribution in [0.3, 0.4) is 0 Å². The standard InChI is InChI=1S/C30H36O8S/c1-28-13-10-20(32)16-19(28)8-9-22-23-11-14-30(25(34)18-31,29(23,2)17-24(33)27(22)28)38-26(35)12-15-39(36,37)21-6-4-3-5-7-21/h3-7,16,22-23,27,31H,8-15,17-18H2,1-2H3/t22-,23-,27+,28-,29-,30-/m0/s1. The smallest absolute Gasteiger partial charge is 0.307 e. The number of aliphatic hydroxyl groups is 1. The maximum atomic E-state index is 13.9. The molecule has 0 aliphatic heterocycles. The van der Waals surface area contributed by atoms with Gasteiger partial charge in [-0.15, -0.1) is 0 Å². The Morgan fingerprint density at radius 1 is 1.05 bits per heavy atom. The Bertz CT molecular complexity index is 1350. The summed E-state index contributed by atoms with van der Waals surface area (Å²) >= 11 is 0. The molecule has 0 amide bonds. The van der Waals surface area contributed by atoms with Gasteiger partial charge in [0, 0.05) is 24.2 Å². The Morgan fingerprint density at radius 3 is 2.46 bits per heavy atom. The second-order valence-electron chi connectivity index (χ2n) is 12.2. The summed E-state index contributed by atoms with van der Waals surface area (Å²) in [6, 6.07) is 7.81. The number of hydrogen-bond acceptors (Lipinski definition) is 8. The Morgan fingerprint density at radius 2 is 1.77 bits per heavy atom. The fraction of sp³-hybridized carbons (Fsp3) is 0.600. The zero-order chi connectivity index (χ0) is 28.2. The molecule has 3 fully saturated rings. The number of rotatable bonds is 7. The van der Waals surface area contributed by atoms with Crippen LogP contribution in [0.4, 0.5) is 0 Å². The van der Waals surface area contributed by atoms with Gasteiger partial charge in [-0.1, -0.05) is 37.6 Å². The summed E-state index contributed by atoms with van der Waals surface area (Å²) in [6.45, 7) is 3.06. The first-order valence-electron chi connectivity index (χ1n) is 13.8. The molecule has 0 spiro atoms. The molecule has 5 rings (SSSR count). The monoisotopic (exact) mass is 556 g/mol. The Kier molecular flexibility index (Phi) is 6.99. The largest absolute Gasteiger partial charge is 0.450 e. The number of fused-ring (bicyclic) bond motifs is 5. The van der Waals surface area contributed by atoms with Crippen LogP contribution in [0.5, 0.6) is 0 Å². The third-order valence-electron chi connectivity index (χ3n) is 10.3. The van der Waals surface area contributed by atoms with Crippen molar-refractivity contribution in [2.45, 2.75) is 75.7 Å². The minimum absolute atomic E-state index is 0.000850. The van der Waals surface area contributed by atoms with Crippen LogP contribution in [-0.2, 0) is 33.8 Å². The van der Waals surface area contributed by atoms with E-state index in [2.05, 4.69) is 6.92 Å². The molecule has 0 unspecified atom stereocenters. The zero-order valence-corrected chi connectivity index (χ0v) is 23.3. The van der Waals surface area contributed by atoms with Gasteiger partial charge in [-0.05, 0) is 67.6 Å². The van der Waals surface area contributed by atoms with Gasteiger partial charge in [-0.25, -0.2) is 8.42 Å². The lowest BCUT2D eigenvalue weighted by Gasteiger charge is -2.58. The topological polar surface area (TPSA) is 132 Å². The minimum atomic E-state index is -3.74. The maximum absolute atomic E-state index is 13.9. The normalized spacial score (nSPS) is 35.9. The van der Waals surface area contributed by atoms with E-state index in [9.17, 15) is 32.7 Å². The predicted octanol–water partition coefficient (Wildman–Crippen LogP) is 3.40. The summed E-state index contributed by atoms with van der Waals surface area (Å²) in [7, 11) is -3.74. The number of ether oxygens (including phenoxy) is 1. The van der Waals surface area contributed by atoms with Crippen LogP contribution in [0.25, 0.3) is 0 Å². The average Bonchev–Trinajstić information content (AvgIpc) is 3.19. The predicted molar refractivity (Wildman–Crippen MR) is 141 cm³/mol. The van der Waals surface area contributed by atoms with Crippen molar-refractivity contribution in [3.63, 3.8) is 0 Å². The van der Waals surface area contributed by atoms with E-state index in [1.807, 2.05) is 6.92 Å². The summed E-state index contributed by atoms with van der Waals surface area (Å²) in [6.07, 6.45) is 4.49. The number of carbonyl (C=O) groups excluding carboxylic acids is 4. The van der Waals surface area contributed by atoms with Gasteiger partial charge in [-0.3, -0.25) is 19.2 Å². The lowest BCUT2D eigenvalue weighted by Crippen LogP contribution is -2.62. The summed E-state index contributed by atoms with van der Waals surface area (Å²) in [5.74, 6) is -2.25. The molecule has 3 saturated carbocycles. The average molecular weight is 557 g/mol. The summed E-state index contributed by atoms with van der Waals surface area (Å²) in [4.78, 5) is 52.6. The van der Waals surface area contributed by atoms with Crippen molar-refractivity contribution in [2.24, 2.45) is 28.6 Å². The van der Waals surface area contributed by atoms with Gasteiger partial charge in [0.05, 0.1) is 17.1 Å². The van der Waals surface area contributed by atoms with Crippen LogP contribution in [-0.4, -0.2) is 54.8 Å². The highest BCUT2D eigenvalue weighted by Crippen LogP contribution is 2.67. The van der Waals surface area contributed by atoms with Gasteiger partial charge in [0.25, 0.3) is 0 Å². The fourth-order valence-corrected chi connectivity index (χ4v) is 9.63.